The van der Waals surface area contributed by atoms with Crippen molar-refractivity contribution in [1.82, 2.24) is 14.8 Å². The normalized spacial score (nSPS) is 12.2. The molecule has 1 aromatic heterocycles. The van der Waals surface area contributed by atoms with Gasteiger partial charge in [-0.1, -0.05) is 0 Å². The van der Waals surface area contributed by atoms with Crippen molar-refractivity contribution in [1.29, 1.82) is 0 Å². The average molecular weight is 295 g/mol. The predicted molar refractivity (Wildman–Crippen MR) is 75.4 cm³/mol. The van der Waals surface area contributed by atoms with Gasteiger partial charge in [-0.3, -0.25) is 4.21 Å². The molecule has 1 heterocycles. The van der Waals surface area contributed by atoms with E-state index in [2.05, 4.69) is 10.2 Å². The fourth-order valence-corrected chi connectivity index (χ4v) is 3.15. The standard InChI is InChI=1S/C13H17N3O3S/c1-9-5-10(18-3)11(19-4)6-12(9)20(17)7-13-15-14-8-16(13)2/h5-6,8H,7H2,1-4H3. The number of methoxy groups -OCH3 is 2. The van der Waals surface area contributed by atoms with Gasteiger partial charge >= 0.3 is 0 Å². The first-order chi connectivity index (χ1) is 9.56. The third-order valence-corrected chi connectivity index (χ3v) is 4.44. The summed E-state index contributed by atoms with van der Waals surface area (Å²) in [6, 6.07) is 3.57. The van der Waals surface area contributed by atoms with Gasteiger partial charge in [0, 0.05) is 18.0 Å². The number of nitrogens with zero attached hydrogens (tertiary/aromatic N) is 3. The Hall–Kier alpha value is -1.89. The lowest BCUT2D eigenvalue weighted by Gasteiger charge is -2.12. The van der Waals surface area contributed by atoms with Gasteiger partial charge in [-0.15, -0.1) is 10.2 Å². The molecule has 0 saturated heterocycles. The molecule has 0 aliphatic heterocycles. The van der Waals surface area contributed by atoms with E-state index < -0.39 is 10.8 Å². The van der Waals surface area contributed by atoms with Gasteiger partial charge in [0.25, 0.3) is 0 Å². The van der Waals surface area contributed by atoms with Crippen LogP contribution < -0.4 is 9.47 Å². The average Bonchev–Trinajstić information content (AvgIpc) is 2.83. The Morgan fingerprint density at radius 3 is 2.45 bits per heavy atom. The highest BCUT2D eigenvalue weighted by Crippen LogP contribution is 2.32. The maximum Gasteiger partial charge on any atom is 0.161 e. The Balaban J connectivity index is 2.32. The Kier molecular flexibility index (Phi) is 4.39. The fraction of sp³-hybridized carbons (Fsp3) is 0.385. The Bertz CT molecular complexity index is 640. The van der Waals surface area contributed by atoms with Crippen LogP contribution in [0.1, 0.15) is 11.4 Å². The van der Waals surface area contributed by atoms with E-state index in [1.165, 1.54) is 0 Å². The van der Waals surface area contributed by atoms with E-state index in [1.54, 1.807) is 31.2 Å². The van der Waals surface area contributed by atoms with Crippen LogP contribution in [-0.2, 0) is 23.6 Å². The van der Waals surface area contributed by atoms with Crippen molar-refractivity contribution in [2.75, 3.05) is 14.2 Å². The second-order valence-corrected chi connectivity index (χ2v) is 5.74. The monoisotopic (exact) mass is 295 g/mol. The summed E-state index contributed by atoms with van der Waals surface area (Å²) in [6.45, 7) is 1.89. The molecule has 108 valence electrons. The first kappa shape index (κ1) is 14.5. The molecule has 0 fully saturated rings. The van der Waals surface area contributed by atoms with E-state index in [0.29, 0.717) is 28.0 Å². The first-order valence-corrected chi connectivity index (χ1v) is 7.32. The van der Waals surface area contributed by atoms with Crippen LogP contribution in [0.4, 0.5) is 0 Å². The van der Waals surface area contributed by atoms with Crippen molar-refractivity contribution in [3.8, 4) is 11.5 Å². The van der Waals surface area contributed by atoms with Crippen LogP contribution in [0.15, 0.2) is 23.4 Å². The van der Waals surface area contributed by atoms with Gasteiger partial charge in [-0.25, -0.2) is 0 Å². The Morgan fingerprint density at radius 1 is 1.25 bits per heavy atom. The zero-order valence-corrected chi connectivity index (χ0v) is 12.7. The van der Waals surface area contributed by atoms with Crippen LogP contribution in [0.2, 0.25) is 0 Å². The summed E-state index contributed by atoms with van der Waals surface area (Å²) in [4.78, 5) is 0.714. The van der Waals surface area contributed by atoms with Crippen LogP contribution >= 0.6 is 0 Å². The quantitative estimate of drug-likeness (QED) is 0.835. The molecule has 0 saturated carbocycles. The second-order valence-electron chi connectivity index (χ2n) is 4.32. The largest absolute Gasteiger partial charge is 0.493 e. The number of hydrogen-bond donors (Lipinski definition) is 0. The summed E-state index contributed by atoms with van der Waals surface area (Å²) >= 11 is 0. The smallest absolute Gasteiger partial charge is 0.161 e. The topological polar surface area (TPSA) is 66.2 Å². The molecule has 2 aromatic rings. The highest BCUT2D eigenvalue weighted by atomic mass is 32.2. The SMILES string of the molecule is COc1cc(C)c(S(=O)Cc2nncn2C)cc1OC. The number of benzene rings is 1. The molecule has 0 amide bonds. The molecule has 1 atom stereocenters. The summed E-state index contributed by atoms with van der Waals surface area (Å²) in [6.07, 6.45) is 1.59. The summed E-state index contributed by atoms with van der Waals surface area (Å²) in [5, 5.41) is 7.74. The Labute approximate surface area is 120 Å². The van der Waals surface area contributed by atoms with E-state index in [-0.39, 0.29) is 0 Å². The molecule has 0 spiro atoms. The fourth-order valence-electron chi connectivity index (χ4n) is 1.84. The minimum atomic E-state index is -1.22. The molecule has 1 aromatic carbocycles. The van der Waals surface area contributed by atoms with Gasteiger partial charge in [-0.2, -0.15) is 0 Å². The zero-order chi connectivity index (χ0) is 14.7. The molecule has 0 N–H and O–H groups in total. The van der Waals surface area contributed by atoms with Gasteiger partial charge in [-0.05, 0) is 18.6 Å². The highest BCUT2D eigenvalue weighted by molar-refractivity contribution is 7.84. The van der Waals surface area contributed by atoms with E-state index in [0.717, 1.165) is 5.56 Å². The molecule has 0 bridgehead atoms. The van der Waals surface area contributed by atoms with Crippen LogP contribution in [0.5, 0.6) is 11.5 Å². The van der Waals surface area contributed by atoms with E-state index in [9.17, 15) is 4.21 Å². The van der Waals surface area contributed by atoms with Crippen LogP contribution in [0, 0.1) is 6.92 Å². The third kappa shape index (κ3) is 2.82. The molecule has 6 nitrogen and oxygen atoms in total. The lowest BCUT2D eigenvalue weighted by atomic mass is 10.2. The van der Waals surface area contributed by atoms with Gasteiger partial charge < -0.3 is 14.0 Å². The summed E-state index contributed by atoms with van der Waals surface area (Å²) in [5.41, 5.74) is 0.892. The molecule has 0 radical (unpaired) electrons. The van der Waals surface area contributed by atoms with E-state index >= 15 is 0 Å². The highest BCUT2D eigenvalue weighted by Gasteiger charge is 2.15. The molecule has 0 aliphatic carbocycles. The number of ether oxygens (including phenoxy) is 2. The summed E-state index contributed by atoms with van der Waals surface area (Å²) < 4.78 is 24.7. The van der Waals surface area contributed by atoms with Crippen molar-refractivity contribution in [2.24, 2.45) is 7.05 Å². The van der Waals surface area contributed by atoms with Gasteiger partial charge in [0.2, 0.25) is 0 Å². The minimum absolute atomic E-state index is 0.312. The van der Waals surface area contributed by atoms with E-state index in [1.807, 2.05) is 20.0 Å². The van der Waals surface area contributed by atoms with Crippen molar-refractivity contribution in [3.05, 3.63) is 29.8 Å². The third-order valence-electron chi connectivity index (χ3n) is 2.99. The van der Waals surface area contributed by atoms with E-state index in [4.69, 9.17) is 9.47 Å². The molecule has 0 aliphatic rings. The van der Waals surface area contributed by atoms with Gasteiger partial charge in [0.15, 0.2) is 11.5 Å². The molecular weight excluding hydrogens is 278 g/mol. The number of hydrogen-bond acceptors (Lipinski definition) is 5. The lowest BCUT2D eigenvalue weighted by molar-refractivity contribution is 0.353. The maximum absolute atomic E-state index is 12.5. The lowest BCUT2D eigenvalue weighted by Crippen LogP contribution is -2.05. The minimum Gasteiger partial charge on any atom is -0.493 e. The Morgan fingerprint density at radius 2 is 1.90 bits per heavy atom. The second kappa shape index (κ2) is 6.04. The molecular formula is C13H17N3O3S. The summed E-state index contributed by atoms with van der Waals surface area (Å²) in [5.74, 6) is 2.19. The molecule has 20 heavy (non-hydrogen) atoms. The number of aryl methyl sites for hydroxylation is 2. The van der Waals surface area contributed by atoms with Gasteiger partial charge in [0.05, 0.1) is 30.8 Å². The number of aromatic nitrogens is 3. The van der Waals surface area contributed by atoms with Crippen LogP contribution in [-0.4, -0.2) is 33.2 Å². The maximum atomic E-state index is 12.5. The van der Waals surface area contributed by atoms with Gasteiger partial charge in [0.1, 0.15) is 12.2 Å². The first-order valence-electron chi connectivity index (χ1n) is 6.00. The predicted octanol–water partition coefficient (Wildman–Crippen LogP) is 1.45. The van der Waals surface area contributed by atoms with Crippen LogP contribution in [0.3, 0.4) is 0 Å². The molecule has 7 heteroatoms. The molecule has 1 unspecified atom stereocenters. The summed E-state index contributed by atoms with van der Waals surface area (Å²) in [7, 11) is 3.75. The van der Waals surface area contributed by atoms with Crippen molar-refractivity contribution in [3.63, 3.8) is 0 Å². The van der Waals surface area contributed by atoms with Crippen molar-refractivity contribution in [2.45, 2.75) is 17.6 Å². The van der Waals surface area contributed by atoms with Crippen molar-refractivity contribution < 1.29 is 13.7 Å². The van der Waals surface area contributed by atoms with Crippen LogP contribution in [0.25, 0.3) is 0 Å². The van der Waals surface area contributed by atoms with Crippen molar-refractivity contribution >= 4 is 10.8 Å². The number of rotatable bonds is 5. The molecule has 2 rings (SSSR count). The zero-order valence-electron chi connectivity index (χ0n) is 11.9.